The zero-order chi connectivity index (χ0) is 8.27. The molecule has 0 aliphatic carbocycles. The highest BCUT2D eigenvalue weighted by Gasteiger charge is 2.11. The third kappa shape index (κ3) is 1.39. The fourth-order valence-corrected chi connectivity index (χ4v) is 0.834. The van der Waals surface area contributed by atoms with E-state index in [0.29, 0.717) is 30.1 Å². The van der Waals surface area contributed by atoms with Crippen molar-refractivity contribution in [3.8, 4) is 5.75 Å². The molecule has 0 aliphatic heterocycles. The molecule has 0 N–H and O–H groups in total. The van der Waals surface area contributed by atoms with Crippen molar-refractivity contribution in [2.75, 3.05) is 0 Å². The average molecular weight is 155 g/mol. The molecule has 4 nitrogen and oxygen atoms in total. The van der Waals surface area contributed by atoms with Crippen molar-refractivity contribution in [1.29, 1.82) is 0 Å². The van der Waals surface area contributed by atoms with Crippen LogP contribution in [0.5, 0.6) is 5.75 Å². The van der Waals surface area contributed by atoms with Crippen LogP contribution in [0.25, 0.3) is 0 Å². The highest BCUT2D eigenvalue weighted by Crippen LogP contribution is 2.22. The summed E-state index contributed by atoms with van der Waals surface area (Å²) in [5.74, 6) is 0.983. The van der Waals surface area contributed by atoms with Gasteiger partial charge in [-0.2, -0.15) is 0 Å². The summed E-state index contributed by atoms with van der Waals surface area (Å²) in [4.78, 5) is 10.0. The van der Waals surface area contributed by atoms with E-state index in [1.165, 1.54) is 0 Å². The third-order valence-electron chi connectivity index (χ3n) is 1.38. The van der Waals surface area contributed by atoms with Crippen molar-refractivity contribution in [1.82, 2.24) is 5.16 Å². The van der Waals surface area contributed by atoms with Gasteiger partial charge in [-0.25, -0.2) is 0 Å². The van der Waals surface area contributed by atoms with Crippen LogP contribution in [0.4, 0.5) is 0 Å². The molecule has 0 saturated heterocycles. The maximum absolute atomic E-state index is 10.0. The molecule has 0 radical (unpaired) electrons. The molecule has 1 rings (SSSR count). The quantitative estimate of drug-likeness (QED) is 0.613. The molecule has 0 spiro atoms. The second kappa shape index (κ2) is 3.18. The Labute approximate surface area is 64.1 Å². The molecule has 0 aromatic carbocycles. The minimum Gasteiger partial charge on any atom is -0.423 e. The molecule has 0 atom stereocenters. The summed E-state index contributed by atoms with van der Waals surface area (Å²) in [6.07, 6.45) is 0.695. The van der Waals surface area contributed by atoms with Crippen LogP contribution in [-0.2, 0) is 11.2 Å². The number of rotatable bonds is 3. The Morgan fingerprint density at radius 1 is 1.73 bits per heavy atom. The first-order valence-corrected chi connectivity index (χ1v) is 3.35. The van der Waals surface area contributed by atoms with Crippen molar-refractivity contribution in [3.63, 3.8) is 0 Å². The molecule has 0 fully saturated rings. The summed E-state index contributed by atoms with van der Waals surface area (Å²) in [7, 11) is 0. The number of aromatic nitrogens is 1. The molecular weight excluding hydrogens is 146 g/mol. The van der Waals surface area contributed by atoms with Gasteiger partial charge >= 0.3 is 0 Å². The van der Waals surface area contributed by atoms with Gasteiger partial charge in [-0.05, 0) is 6.42 Å². The number of nitrogens with zero attached hydrogens (tertiary/aromatic N) is 1. The van der Waals surface area contributed by atoms with Gasteiger partial charge in [0.25, 0.3) is 6.47 Å². The van der Waals surface area contributed by atoms with Gasteiger partial charge in [0.1, 0.15) is 5.69 Å². The van der Waals surface area contributed by atoms with Crippen LogP contribution in [0.3, 0.4) is 0 Å². The average Bonchev–Trinajstić information content (AvgIpc) is 2.34. The zero-order valence-corrected chi connectivity index (χ0v) is 6.46. The van der Waals surface area contributed by atoms with Gasteiger partial charge in [0.15, 0.2) is 11.5 Å². The fraction of sp³-hybridized carbons (Fsp3) is 0.429. The lowest BCUT2D eigenvalue weighted by Crippen LogP contribution is -1.92. The molecule has 11 heavy (non-hydrogen) atoms. The summed E-state index contributed by atoms with van der Waals surface area (Å²) in [5, 5.41) is 3.69. The number of hydrogen-bond donors (Lipinski definition) is 0. The number of ether oxygens (including phenoxy) is 1. The van der Waals surface area contributed by atoms with Gasteiger partial charge in [-0.15, -0.1) is 0 Å². The number of carbonyl (C=O) groups excluding carboxylic acids is 1. The molecule has 0 saturated carbocycles. The molecule has 0 amide bonds. The predicted molar refractivity (Wildman–Crippen MR) is 37.3 cm³/mol. The number of hydrogen-bond acceptors (Lipinski definition) is 4. The minimum absolute atomic E-state index is 0.374. The van der Waals surface area contributed by atoms with E-state index in [1.54, 1.807) is 6.92 Å². The van der Waals surface area contributed by atoms with E-state index < -0.39 is 0 Å². The summed E-state index contributed by atoms with van der Waals surface area (Å²) < 4.78 is 9.47. The van der Waals surface area contributed by atoms with Crippen LogP contribution < -0.4 is 4.74 Å². The molecule has 1 heterocycles. The zero-order valence-electron chi connectivity index (χ0n) is 6.46. The normalized spacial score (nSPS) is 9.64. The van der Waals surface area contributed by atoms with Crippen LogP contribution in [0, 0.1) is 6.92 Å². The van der Waals surface area contributed by atoms with Crippen LogP contribution in [0.15, 0.2) is 4.52 Å². The number of aryl methyl sites for hydroxylation is 2. The maximum atomic E-state index is 10.0. The van der Waals surface area contributed by atoms with E-state index >= 15 is 0 Å². The van der Waals surface area contributed by atoms with Crippen LogP contribution in [0.1, 0.15) is 18.4 Å². The summed E-state index contributed by atoms with van der Waals surface area (Å²) in [5.41, 5.74) is 0.676. The van der Waals surface area contributed by atoms with E-state index in [9.17, 15) is 4.79 Å². The largest absolute Gasteiger partial charge is 0.423 e. The minimum atomic E-state index is 0.374. The first-order chi connectivity index (χ1) is 5.29. The number of carbonyl (C=O) groups is 1. The molecule has 60 valence electrons. The van der Waals surface area contributed by atoms with Gasteiger partial charge in [0, 0.05) is 6.92 Å². The molecule has 0 aliphatic rings. The maximum Gasteiger partial charge on any atom is 0.298 e. The summed E-state index contributed by atoms with van der Waals surface area (Å²) in [6.45, 7) is 3.98. The lowest BCUT2D eigenvalue weighted by Gasteiger charge is -1.93. The Kier molecular flexibility index (Phi) is 2.25. The lowest BCUT2D eigenvalue weighted by atomic mass is 10.3. The second-order valence-corrected chi connectivity index (χ2v) is 2.08. The van der Waals surface area contributed by atoms with E-state index in [-0.39, 0.29) is 0 Å². The van der Waals surface area contributed by atoms with Gasteiger partial charge in [0.2, 0.25) is 0 Å². The Morgan fingerprint density at radius 3 is 3.00 bits per heavy atom. The van der Waals surface area contributed by atoms with Gasteiger partial charge in [-0.1, -0.05) is 12.1 Å². The summed E-state index contributed by atoms with van der Waals surface area (Å²) in [6, 6.07) is 0. The predicted octanol–water partition coefficient (Wildman–Crippen LogP) is 1.08. The van der Waals surface area contributed by atoms with E-state index in [2.05, 4.69) is 9.89 Å². The van der Waals surface area contributed by atoms with Crippen LogP contribution >= 0.6 is 0 Å². The Morgan fingerprint density at radius 2 is 2.45 bits per heavy atom. The van der Waals surface area contributed by atoms with Gasteiger partial charge < -0.3 is 9.26 Å². The molecular formula is C7H9NO3. The van der Waals surface area contributed by atoms with Crippen molar-refractivity contribution in [2.45, 2.75) is 20.3 Å². The fourth-order valence-electron chi connectivity index (χ4n) is 0.834. The molecule has 1 aromatic heterocycles. The van der Waals surface area contributed by atoms with Crippen molar-refractivity contribution in [3.05, 3.63) is 11.5 Å². The topological polar surface area (TPSA) is 52.3 Å². The standard InChI is InChI=1S/C7H9NO3/c1-3-6-7(10-4-9)5(2)11-8-6/h4H,3H2,1-2H3. The first-order valence-electron chi connectivity index (χ1n) is 3.35. The molecule has 4 heteroatoms. The van der Waals surface area contributed by atoms with Crippen LogP contribution in [-0.4, -0.2) is 11.6 Å². The Balaban J connectivity index is 2.96. The van der Waals surface area contributed by atoms with E-state index in [4.69, 9.17) is 4.52 Å². The highest BCUT2D eigenvalue weighted by molar-refractivity contribution is 5.47. The molecule has 0 bridgehead atoms. The summed E-state index contributed by atoms with van der Waals surface area (Å²) >= 11 is 0. The SMILES string of the molecule is CCc1noc(C)c1OC=O. The van der Waals surface area contributed by atoms with Gasteiger partial charge in [0.05, 0.1) is 0 Å². The third-order valence-corrected chi connectivity index (χ3v) is 1.38. The van der Waals surface area contributed by atoms with Crippen molar-refractivity contribution >= 4 is 6.47 Å². The highest BCUT2D eigenvalue weighted by atomic mass is 16.5. The van der Waals surface area contributed by atoms with E-state index in [1.807, 2.05) is 6.92 Å². The molecule has 1 aromatic rings. The molecule has 0 unspecified atom stereocenters. The lowest BCUT2D eigenvalue weighted by molar-refractivity contribution is -0.120. The smallest absolute Gasteiger partial charge is 0.298 e. The Hall–Kier alpha value is -1.32. The Bertz CT molecular complexity index is 254. The van der Waals surface area contributed by atoms with Crippen molar-refractivity contribution in [2.24, 2.45) is 0 Å². The first kappa shape index (κ1) is 7.78. The van der Waals surface area contributed by atoms with Crippen LogP contribution in [0.2, 0.25) is 0 Å². The van der Waals surface area contributed by atoms with Crippen molar-refractivity contribution < 1.29 is 14.1 Å². The monoisotopic (exact) mass is 155 g/mol. The second-order valence-electron chi connectivity index (χ2n) is 2.08. The van der Waals surface area contributed by atoms with Gasteiger partial charge in [-0.3, -0.25) is 4.79 Å². The van der Waals surface area contributed by atoms with E-state index in [0.717, 1.165) is 0 Å².